The third-order valence-corrected chi connectivity index (χ3v) is 13.4. The van der Waals surface area contributed by atoms with Gasteiger partial charge in [0.1, 0.15) is 12.2 Å². The number of aliphatic hydroxyl groups excluding tert-OH is 4. The molecule has 4 aliphatic heterocycles. The predicted molar refractivity (Wildman–Crippen MR) is 192 cm³/mol. The van der Waals surface area contributed by atoms with Crippen LogP contribution in [0, 0.1) is 35.0 Å². The van der Waals surface area contributed by atoms with Crippen LogP contribution in [0.2, 0.25) is 0 Å². The molecule has 2 saturated heterocycles. The van der Waals surface area contributed by atoms with Gasteiger partial charge < -0.3 is 54.0 Å². The van der Waals surface area contributed by atoms with Crippen LogP contribution in [0.25, 0.3) is 0 Å². The van der Waals surface area contributed by atoms with Crippen LogP contribution in [-0.4, -0.2) is 104 Å². The highest BCUT2D eigenvalue weighted by molar-refractivity contribution is 5.95. The summed E-state index contributed by atoms with van der Waals surface area (Å²) in [6.07, 6.45) is 7.82. The topological polar surface area (TPSA) is 208 Å². The Bertz CT molecular complexity index is 1590. The molecule has 0 aromatic carbocycles. The molecule has 0 aromatic heterocycles. The Hall–Kier alpha value is -3.11. The molecule has 0 amide bonds. The standard InChI is InChI=1S/C41H56O14/c1-20-19-41-24(16-26(20)37(46)47)11-8-6-5-7-10-23-14-15-25-27(40(23,4)39(49)54-35(36(41)45)38(48)55-41)12-9-13-30(25)52-31-18-29(43)34(22(3)51-31)53-32-17-28(42)33(44)21(2)50-32/h8,11,14-16,20-25,27-34,42-45H,5-7,9-10,12-13,17-19H2,1-4H3,(H,46,47)/b11-8+/t20-,21+,22+,23-,24-,25+,27-,28+,29+,30+,31-,32-,33+,34+,40-,41+/m0/s1. The van der Waals surface area contributed by atoms with Crippen LogP contribution in [0.1, 0.15) is 91.9 Å². The lowest BCUT2D eigenvalue weighted by molar-refractivity contribution is -0.318. The number of carbonyl (C=O) groups excluding carboxylic acids is 2. The number of carboxylic acids is 1. The molecule has 0 unspecified atom stereocenters. The molecule has 0 radical (unpaired) electrons. The number of hydrogen-bond acceptors (Lipinski definition) is 13. The number of hydrogen-bond donors (Lipinski definition) is 5. The molecule has 3 aliphatic carbocycles. The second-order valence-corrected chi connectivity index (χ2v) is 16.9. The number of esters is 2. The van der Waals surface area contributed by atoms with Gasteiger partial charge in [0.25, 0.3) is 5.76 Å². The lowest BCUT2D eigenvalue weighted by atomic mass is 9.55. The SMILES string of the molecule is C[C@H]1C[C@]23OC(=O)C(=C2O)OC(=O)[C@@]2(C)[C@H](C=C[C@H]4[C@H](O[C@H]5C[C@@H](O)[C@H](O[C@H]6C[C@@H](O)[C@H](O)[C@@H](C)O6)[C@@H](C)O5)CCC[C@@H]42)CCCC/C=C/[C@H]3C=C1C(=O)O. The van der Waals surface area contributed by atoms with E-state index in [1.165, 1.54) is 6.08 Å². The van der Waals surface area contributed by atoms with E-state index in [0.717, 1.165) is 19.3 Å². The fraction of sp³-hybridized carbons (Fsp3) is 0.732. The lowest BCUT2D eigenvalue weighted by Gasteiger charge is -2.51. The molecule has 16 atom stereocenters. The molecule has 304 valence electrons. The molecule has 4 heterocycles. The van der Waals surface area contributed by atoms with Gasteiger partial charge in [-0.1, -0.05) is 50.1 Å². The summed E-state index contributed by atoms with van der Waals surface area (Å²) in [6.45, 7) is 7.00. The number of allylic oxidation sites excluding steroid dienone is 2. The van der Waals surface area contributed by atoms with Crippen LogP contribution in [0.3, 0.4) is 0 Å². The number of rotatable bonds is 5. The Morgan fingerprint density at radius 3 is 2.35 bits per heavy atom. The molecule has 7 rings (SSSR count). The van der Waals surface area contributed by atoms with E-state index in [9.17, 15) is 39.9 Å². The third kappa shape index (κ3) is 7.32. The minimum Gasteiger partial charge on any atom is -0.505 e. The van der Waals surface area contributed by atoms with Crippen LogP contribution < -0.4 is 0 Å². The zero-order valence-corrected chi connectivity index (χ0v) is 32.0. The van der Waals surface area contributed by atoms with E-state index in [1.807, 2.05) is 13.0 Å². The van der Waals surface area contributed by atoms with Gasteiger partial charge in [0, 0.05) is 36.7 Å². The molecule has 1 saturated carbocycles. The van der Waals surface area contributed by atoms with Crippen molar-refractivity contribution in [1.82, 2.24) is 0 Å². The van der Waals surface area contributed by atoms with E-state index in [2.05, 4.69) is 12.2 Å². The number of carboxylic acid groups (broad SMARTS) is 1. The van der Waals surface area contributed by atoms with Crippen molar-refractivity contribution in [2.75, 3.05) is 0 Å². The number of aliphatic carboxylic acids is 1. The largest absolute Gasteiger partial charge is 0.505 e. The molecule has 3 fully saturated rings. The minimum atomic E-state index is -1.60. The van der Waals surface area contributed by atoms with Gasteiger partial charge >= 0.3 is 17.9 Å². The highest BCUT2D eigenvalue weighted by atomic mass is 16.7. The molecule has 14 heteroatoms. The van der Waals surface area contributed by atoms with Crippen molar-refractivity contribution in [3.63, 3.8) is 0 Å². The van der Waals surface area contributed by atoms with Gasteiger partial charge in [-0.15, -0.1) is 0 Å². The van der Waals surface area contributed by atoms with Crippen molar-refractivity contribution < 1.29 is 68.3 Å². The van der Waals surface area contributed by atoms with Gasteiger partial charge in [0.2, 0.25) is 0 Å². The van der Waals surface area contributed by atoms with Crippen molar-refractivity contribution in [3.05, 3.63) is 47.5 Å². The maximum Gasteiger partial charge on any atom is 0.379 e. The van der Waals surface area contributed by atoms with Gasteiger partial charge in [0.15, 0.2) is 23.9 Å². The summed E-state index contributed by atoms with van der Waals surface area (Å²) in [4.78, 5) is 40.1. The van der Waals surface area contributed by atoms with Crippen molar-refractivity contribution in [2.24, 2.45) is 35.0 Å². The summed E-state index contributed by atoms with van der Waals surface area (Å²) < 4.78 is 36.4. The van der Waals surface area contributed by atoms with Crippen LogP contribution in [0.4, 0.5) is 0 Å². The summed E-state index contributed by atoms with van der Waals surface area (Å²) in [5.41, 5.74) is -2.53. The van der Waals surface area contributed by atoms with E-state index in [-0.39, 0.29) is 48.7 Å². The second kappa shape index (κ2) is 15.7. The highest BCUT2D eigenvalue weighted by Crippen LogP contribution is 2.55. The van der Waals surface area contributed by atoms with Crippen molar-refractivity contribution in [2.45, 2.75) is 153 Å². The summed E-state index contributed by atoms with van der Waals surface area (Å²) in [5.74, 6) is -5.73. The van der Waals surface area contributed by atoms with Gasteiger partial charge in [-0.25, -0.2) is 9.59 Å². The summed E-state index contributed by atoms with van der Waals surface area (Å²) in [7, 11) is 0. The van der Waals surface area contributed by atoms with Gasteiger partial charge in [-0.05, 0) is 70.6 Å². The monoisotopic (exact) mass is 772 g/mol. The lowest BCUT2D eigenvalue weighted by Crippen LogP contribution is -2.55. The fourth-order valence-electron chi connectivity index (χ4n) is 10.3. The number of aliphatic hydroxyl groups is 4. The first-order chi connectivity index (χ1) is 26.1. The predicted octanol–water partition coefficient (Wildman–Crippen LogP) is 4.12. The second-order valence-electron chi connectivity index (χ2n) is 16.9. The molecule has 7 aliphatic rings. The van der Waals surface area contributed by atoms with E-state index in [0.29, 0.717) is 25.7 Å². The zero-order chi connectivity index (χ0) is 39.4. The van der Waals surface area contributed by atoms with Crippen LogP contribution >= 0.6 is 0 Å². The molecule has 5 N–H and O–H groups in total. The number of ether oxygens (including phenoxy) is 6. The van der Waals surface area contributed by atoms with Crippen LogP contribution in [0.5, 0.6) is 0 Å². The minimum absolute atomic E-state index is 0.00929. The van der Waals surface area contributed by atoms with Gasteiger partial charge in [-0.2, -0.15) is 0 Å². The Kier molecular flexibility index (Phi) is 11.4. The maximum absolute atomic E-state index is 14.6. The average Bonchev–Trinajstić information content (AvgIpc) is 3.35. The van der Waals surface area contributed by atoms with Gasteiger partial charge in [0.05, 0.1) is 35.9 Å². The van der Waals surface area contributed by atoms with E-state index in [1.54, 1.807) is 26.8 Å². The van der Waals surface area contributed by atoms with E-state index >= 15 is 0 Å². The normalized spacial score (nSPS) is 46.9. The van der Waals surface area contributed by atoms with Crippen molar-refractivity contribution >= 4 is 17.9 Å². The third-order valence-electron chi connectivity index (χ3n) is 13.4. The van der Waals surface area contributed by atoms with Crippen molar-refractivity contribution in [1.29, 1.82) is 0 Å². The molecule has 2 bridgehead atoms. The number of carbonyl (C=O) groups is 3. The highest BCUT2D eigenvalue weighted by Gasteiger charge is 2.60. The van der Waals surface area contributed by atoms with Crippen LogP contribution in [0.15, 0.2) is 47.5 Å². The summed E-state index contributed by atoms with van der Waals surface area (Å²) in [6, 6.07) is 0. The Labute approximate surface area is 321 Å². The Morgan fingerprint density at radius 1 is 0.891 bits per heavy atom. The first-order valence-electron chi connectivity index (χ1n) is 20.0. The smallest absolute Gasteiger partial charge is 0.379 e. The number of fused-ring (bicyclic) bond motifs is 3. The molecule has 55 heavy (non-hydrogen) atoms. The Morgan fingerprint density at radius 2 is 1.62 bits per heavy atom. The first-order valence-corrected chi connectivity index (χ1v) is 20.0. The van der Waals surface area contributed by atoms with Crippen molar-refractivity contribution in [3.8, 4) is 0 Å². The van der Waals surface area contributed by atoms with E-state index in [4.69, 9.17) is 28.4 Å². The first kappa shape index (κ1) is 40.1. The van der Waals surface area contributed by atoms with Gasteiger partial charge in [-0.3, -0.25) is 4.79 Å². The molecule has 0 aromatic rings. The molecule has 14 nitrogen and oxygen atoms in total. The summed E-state index contributed by atoms with van der Waals surface area (Å²) in [5, 5.41) is 53.0. The summed E-state index contributed by atoms with van der Waals surface area (Å²) >= 11 is 0. The quantitative estimate of drug-likeness (QED) is 0.197. The van der Waals surface area contributed by atoms with Crippen LogP contribution in [-0.2, 0) is 42.8 Å². The van der Waals surface area contributed by atoms with E-state index < -0.39 is 101 Å². The maximum atomic E-state index is 14.6. The zero-order valence-electron chi connectivity index (χ0n) is 32.0. The average molecular weight is 773 g/mol. The molecular formula is C41H56O14. The fourth-order valence-corrected chi connectivity index (χ4v) is 10.3. The molecular weight excluding hydrogens is 716 g/mol. The Balaban J connectivity index is 1.10. The molecule has 1 spiro atoms.